The standard InChI is InChI=1S/C26H51N2/c1-4-6-8-10-12-13-14-15-16-18-20-22-26-27(3)24-25-28(26)23-21-19-17-11-9-7-5-2/h24-25H,4-23H2,1-3H3/q+1. The number of imidazole rings is 1. The summed E-state index contributed by atoms with van der Waals surface area (Å²) >= 11 is 0. The quantitative estimate of drug-likeness (QED) is 0.158. The maximum atomic E-state index is 2.52. The molecule has 1 aromatic heterocycles. The first-order valence-corrected chi connectivity index (χ1v) is 12.8. The lowest BCUT2D eigenvalue weighted by atomic mass is 10.1. The Hall–Kier alpha value is -0.790. The number of aryl methyl sites for hydroxylation is 2. The molecule has 1 aromatic rings. The third kappa shape index (κ3) is 12.6. The molecule has 0 aliphatic carbocycles. The van der Waals surface area contributed by atoms with Gasteiger partial charge in [0.1, 0.15) is 12.4 Å². The molecule has 2 nitrogen and oxygen atoms in total. The van der Waals surface area contributed by atoms with Crippen LogP contribution >= 0.6 is 0 Å². The lowest BCUT2D eigenvalue weighted by molar-refractivity contribution is -0.704. The Balaban J connectivity index is 2.04. The molecule has 1 heterocycles. The zero-order valence-electron chi connectivity index (χ0n) is 19.7. The Morgan fingerprint density at radius 2 is 1.04 bits per heavy atom. The molecule has 0 amide bonds. The van der Waals surface area contributed by atoms with Crippen molar-refractivity contribution in [2.45, 2.75) is 142 Å². The molecule has 0 unspecified atom stereocenters. The van der Waals surface area contributed by atoms with Crippen LogP contribution in [-0.2, 0) is 20.0 Å². The van der Waals surface area contributed by atoms with Gasteiger partial charge in [-0.05, 0) is 19.3 Å². The fourth-order valence-corrected chi connectivity index (χ4v) is 4.27. The summed E-state index contributed by atoms with van der Waals surface area (Å²) < 4.78 is 4.86. The molecule has 2 heteroatoms. The highest BCUT2D eigenvalue weighted by molar-refractivity contribution is 4.82. The summed E-state index contributed by atoms with van der Waals surface area (Å²) in [6.07, 6.45) is 31.3. The van der Waals surface area contributed by atoms with E-state index in [1.165, 1.54) is 134 Å². The Kier molecular flexibility index (Phi) is 16.5. The summed E-state index contributed by atoms with van der Waals surface area (Å²) in [5, 5.41) is 0. The summed E-state index contributed by atoms with van der Waals surface area (Å²) in [4.78, 5) is 0. The number of hydrogen-bond acceptors (Lipinski definition) is 0. The van der Waals surface area contributed by atoms with Crippen molar-refractivity contribution in [1.82, 2.24) is 4.57 Å². The predicted octanol–water partition coefficient (Wildman–Crippen LogP) is 7.92. The second-order valence-corrected chi connectivity index (χ2v) is 8.93. The van der Waals surface area contributed by atoms with Gasteiger partial charge in [0, 0.05) is 6.42 Å². The summed E-state index contributed by atoms with van der Waals surface area (Å²) in [6.45, 7) is 5.80. The summed E-state index contributed by atoms with van der Waals surface area (Å²) in [5.74, 6) is 1.53. The minimum atomic E-state index is 1.21. The smallest absolute Gasteiger partial charge is 0.237 e. The number of aromatic nitrogens is 2. The van der Waals surface area contributed by atoms with E-state index in [0.29, 0.717) is 0 Å². The van der Waals surface area contributed by atoms with Crippen molar-refractivity contribution in [3.05, 3.63) is 18.2 Å². The Bertz CT molecular complexity index is 449. The van der Waals surface area contributed by atoms with Crippen LogP contribution in [0, 0.1) is 0 Å². The highest BCUT2D eigenvalue weighted by Crippen LogP contribution is 2.12. The molecule has 0 saturated heterocycles. The monoisotopic (exact) mass is 391 g/mol. The molecule has 1 rings (SSSR count). The molecule has 0 atom stereocenters. The predicted molar refractivity (Wildman–Crippen MR) is 124 cm³/mol. The molecule has 164 valence electrons. The molecule has 0 aliphatic heterocycles. The lowest BCUT2D eigenvalue weighted by Gasteiger charge is -2.05. The van der Waals surface area contributed by atoms with E-state index in [4.69, 9.17) is 0 Å². The normalized spacial score (nSPS) is 11.4. The summed E-state index contributed by atoms with van der Waals surface area (Å²) in [6, 6.07) is 0. The first-order valence-electron chi connectivity index (χ1n) is 12.8. The number of hydrogen-bond donors (Lipinski definition) is 0. The van der Waals surface area contributed by atoms with E-state index in [1.54, 1.807) is 0 Å². The van der Waals surface area contributed by atoms with Crippen LogP contribution in [-0.4, -0.2) is 4.57 Å². The number of nitrogens with zero attached hydrogens (tertiary/aromatic N) is 2. The zero-order valence-corrected chi connectivity index (χ0v) is 19.7. The van der Waals surface area contributed by atoms with Gasteiger partial charge in [0.15, 0.2) is 0 Å². The van der Waals surface area contributed by atoms with Gasteiger partial charge in [-0.25, -0.2) is 9.13 Å². The molecule has 0 saturated carbocycles. The number of rotatable bonds is 20. The van der Waals surface area contributed by atoms with Gasteiger partial charge in [-0.1, -0.05) is 110 Å². The second-order valence-electron chi connectivity index (χ2n) is 8.93. The van der Waals surface area contributed by atoms with Gasteiger partial charge in [-0.3, -0.25) is 0 Å². The van der Waals surface area contributed by atoms with Gasteiger partial charge in [0.2, 0.25) is 0 Å². The molecule has 0 fully saturated rings. The topological polar surface area (TPSA) is 8.81 Å². The van der Waals surface area contributed by atoms with E-state index < -0.39 is 0 Å². The van der Waals surface area contributed by atoms with Crippen LogP contribution in [0.15, 0.2) is 12.4 Å². The molecule has 0 bridgehead atoms. The second kappa shape index (κ2) is 18.3. The summed E-state index contributed by atoms with van der Waals surface area (Å²) in [7, 11) is 2.22. The van der Waals surface area contributed by atoms with Gasteiger partial charge in [0.25, 0.3) is 5.82 Å². The van der Waals surface area contributed by atoms with E-state index in [1.807, 2.05) is 0 Å². The van der Waals surface area contributed by atoms with Gasteiger partial charge >= 0.3 is 0 Å². The average molecular weight is 392 g/mol. The van der Waals surface area contributed by atoms with Gasteiger partial charge in [0.05, 0.1) is 13.6 Å². The molecule has 0 N–H and O–H groups in total. The zero-order chi connectivity index (χ0) is 20.3. The Morgan fingerprint density at radius 3 is 1.54 bits per heavy atom. The highest BCUT2D eigenvalue weighted by Gasteiger charge is 2.13. The number of unbranched alkanes of at least 4 members (excludes halogenated alkanes) is 16. The fraction of sp³-hybridized carbons (Fsp3) is 0.885. The van der Waals surface area contributed by atoms with Crippen molar-refractivity contribution in [1.29, 1.82) is 0 Å². The van der Waals surface area contributed by atoms with E-state index in [0.717, 1.165) is 0 Å². The maximum absolute atomic E-state index is 2.52. The van der Waals surface area contributed by atoms with Crippen LogP contribution in [0.3, 0.4) is 0 Å². The van der Waals surface area contributed by atoms with Crippen molar-refractivity contribution >= 4 is 0 Å². The van der Waals surface area contributed by atoms with Gasteiger partial charge < -0.3 is 0 Å². The van der Waals surface area contributed by atoms with E-state index in [9.17, 15) is 0 Å². The molecule has 0 aliphatic rings. The Labute approximate surface area is 177 Å². The van der Waals surface area contributed by atoms with Crippen LogP contribution in [0.4, 0.5) is 0 Å². The van der Waals surface area contributed by atoms with Crippen LogP contribution in [0.2, 0.25) is 0 Å². The van der Waals surface area contributed by atoms with Crippen LogP contribution in [0.1, 0.15) is 135 Å². The third-order valence-electron chi connectivity index (χ3n) is 6.22. The maximum Gasteiger partial charge on any atom is 0.256 e. The van der Waals surface area contributed by atoms with Crippen molar-refractivity contribution in [2.75, 3.05) is 0 Å². The molecular weight excluding hydrogens is 340 g/mol. The highest BCUT2D eigenvalue weighted by atomic mass is 15.1. The largest absolute Gasteiger partial charge is 0.256 e. The third-order valence-corrected chi connectivity index (χ3v) is 6.22. The molecule has 0 aromatic carbocycles. The van der Waals surface area contributed by atoms with Gasteiger partial charge in [-0.2, -0.15) is 0 Å². The SMILES string of the molecule is CCCCCCCCCCCCCc1n(C)cc[n+]1CCCCCCCCC. The van der Waals surface area contributed by atoms with Crippen molar-refractivity contribution in [3.63, 3.8) is 0 Å². The van der Waals surface area contributed by atoms with E-state index >= 15 is 0 Å². The average Bonchev–Trinajstić information content (AvgIpc) is 3.05. The van der Waals surface area contributed by atoms with E-state index in [2.05, 4.69) is 42.4 Å². The van der Waals surface area contributed by atoms with Gasteiger partial charge in [-0.15, -0.1) is 0 Å². The Morgan fingerprint density at radius 1 is 0.607 bits per heavy atom. The van der Waals surface area contributed by atoms with Crippen LogP contribution in [0.25, 0.3) is 0 Å². The van der Waals surface area contributed by atoms with Crippen molar-refractivity contribution < 1.29 is 4.57 Å². The van der Waals surface area contributed by atoms with E-state index in [-0.39, 0.29) is 0 Å². The summed E-state index contributed by atoms with van der Waals surface area (Å²) in [5.41, 5.74) is 0. The van der Waals surface area contributed by atoms with Crippen molar-refractivity contribution in [2.24, 2.45) is 7.05 Å². The van der Waals surface area contributed by atoms with Crippen LogP contribution < -0.4 is 4.57 Å². The lowest BCUT2D eigenvalue weighted by Crippen LogP contribution is -2.37. The molecule has 0 radical (unpaired) electrons. The van der Waals surface area contributed by atoms with Crippen LogP contribution in [0.5, 0.6) is 0 Å². The molecule has 28 heavy (non-hydrogen) atoms. The molecular formula is C26H51N2+. The van der Waals surface area contributed by atoms with Crippen molar-refractivity contribution in [3.8, 4) is 0 Å². The minimum absolute atomic E-state index is 1.21. The first kappa shape index (κ1) is 25.2. The minimum Gasteiger partial charge on any atom is -0.237 e. The molecule has 0 spiro atoms. The first-order chi connectivity index (χ1) is 13.8. The fourth-order valence-electron chi connectivity index (χ4n) is 4.27.